The van der Waals surface area contributed by atoms with Crippen molar-refractivity contribution in [1.29, 1.82) is 0 Å². The van der Waals surface area contributed by atoms with Gasteiger partial charge in [-0.1, -0.05) is 24.3 Å². The normalized spacial score (nSPS) is 11.1. The number of esters is 1. The molecule has 0 amide bonds. The molecule has 2 aromatic rings. The lowest BCUT2D eigenvalue weighted by Gasteiger charge is -2.14. The molecular formula is C22H24O5. The summed E-state index contributed by atoms with van der Waals surface area (Å²) >= 11 is 0. The van der Waals surface area contributed by atoms with Crippen LogP contribution in [0.2, 0.25) is 0 Å². The second kappa shape index (κ2) is 10.2. The Kier molecular flexibility index (Phi) is 7.64. The molecular weight excluding hydrogens is 344 g/mol. The van der Waals surface area contributed by atoms with Crippen molar-refractivity contribution in [3.63, 3.8) is 0 Å². The summed E-state index contributed by atoms with van der Waals surface area (Å²) in [5.74, 6) is 0.952. The number of aliphatic hydroxyl groups excluding tert-OH is 1. The van der Waals surface area contributed by atoms with Crippen molar-refractivity contribution in [2.45, 2.75) is 6.92 Å². The summed E-state index contributed by atoms with van der Waals surface area (Å²) in [6.45, 7) is 2.04. The van der Waals surface area contributed by atoms with Crippen molar-refractivity contribution in [2.24, 2.45) is 0 Å². The molecule has 0 unspecified atom stereocenters. The van der Waals surface area contributed by atoms with E-state index in [4.69, 9.17) is 19.3 Å². The van der Waals surface area contributed by atoms with E-state index in [0.29, 0.717) is 18.1 Å². The SMILES string of the molecule is CCOC(=O)/C=C/c1cc(OC)cc(-c2c(/C=C/CO)cccc2OC)c1. The van der Waals surface area contributed by atoms with E-state index in [1.165, 1.54) is 6.08 Å². The van der Waals surface area contributed by atoms with Crippen LogP contribution >= 0.6 is 0 Å². The highest BCUT2D eigenvalue weighted by molar-refractivity contribution is 5.88. The van der Waals surface area contributed by atoms with Crippen LogP contribution < -0.4 is 9.47 Å². The number of hydrogen-bond acceptors (Lipinski definition) is 5. The molecule has 0 aliphatic rings. The van der Waals surface area contributed by atoms with Crippen LogP contribution in [0.4, 0.5) is 0 Å². The van der Waals surface area contributed by atoms with Gasteiger partial charge in [0.05, 0.1) is 27.4 Å². The lowest BCUT2D eigenvalue weighted by Crippen LogP contribution is -1.98. The molecule has 0 fully saturated rings. The van der Waals surface area contributed by atoms with E-state index in [1.807, 2.05) is 42.5 Å². The van der Waals surface area contributed by atoms with Crippen LogP contribution in [0.5, 0.6) is 11.5 Å². The molecule has 0 spiro atoms. The molecule has 0 saturated carbocycles. The van der Waals surface area contributed by atoms with Gasteiger partial charge in [0.25, 0.3) is 0 Å². The van der Waals surface area contributed by atoms with Gasteiger partial charge < -0.3 is 19.3 Å². The van der Waals surface area contributed by atoms with Crippen molar-refractivity contribution in [3.8, 4) is 22.6 Å². The molecule has 27 heavy (non-hydrogen) atoms. The van der Waals surface area contributed by atoms with E-state index < -0.39 is 5.97 Å². The van der Waals surface area contributed by atoms with Gasteiger partial charge >= 0.3 is 5.97 Å². The summed E-state index contributed by atoms with van der Waals surface area (Å²) in [5.41, 5.74) is 3.43. The van der Waals surface area contributed by atoms with E-state index in [9.17, 15) is 4.79 Å². The number of carbonyl (C=O) groups is 1. The fraction of sp³-hybridized carbons (Fsp3) is 0.227. The summed E-state index contributed by atoms with van der Waals surface area (Å²) in [6.07, 6.45) is 6.57. The second-order valence-corrected chi connectivity index (χ2v) is 5.59. The third kappa shape index (κ3) is 5.46. The molecule has 5 heteroatoms. The first-order valence-electron chi connectivity index (χ1n) is 8.61. The zero-order valence-electron chi connectivity index (χ0n) is 15.8. The Bertz CT molecular complexity index is 837. The minimum Gasteiger partial charge on any atom is -0.497 e. The molecule has 0 aliphatic carbocycles. The van der Waals surface area contributed by atoms with Crippen molar-refractivity contribution in [1.82, 2.24) is 0 Å². The van der Waals surface area contributed by atoms with Crippen molar-refractivity contribution in [3.05, 3.63) is 59.7 Å². The van der Waals surface area contributed by atoms with E-state index >= 15 is 0 Å². The highest BCUT2D eigenvalue weighted by Gasteiger charge is 2.12. The van der Waals surface area contributed by atoms with Gasteiger partial charge in [-0.25, -0.2) is 4.79 Å². The van der Waals surface area contributed by atoms with E-state index in [-0.39, 0.29) is 6.61 Å². The topological polar surface area (TPSA) is 65.0 Å². The Morgan fingerprint density at radius 1 is 1.11 bits per heavy atom. The number of methoxy groups -OCH3 is 2. The van der Waals surface area contributed by atoms with Gasteiger partial charge in [0, 0.05) is 11.6 Å². The average molecular weight is 368 g/mol. The molecule has 0 radical (unpaired) electrons. The van der Waals surface area contributed by atoms with Crippen molar-refractivity contribution < 1.29 is 24.1 Å². The molecule has 2 aromatic carbocycles. The molecule has 0 aliphatic heterocycles. The quantitative estimate of drug-likeness (QED) is 0.564. The smallest absolute Gasteiger partial charge is 0.330 e. The van der Waals surface area contributed by atoms with Crippen LogP contribution in [-0.4, -0.2) is 38.5 Å². The van der Waals surface area contributed by atoms with Crippen LogP contribution in [0, 0.1) is 0 Å². The highest BCUT2D eigenvalue weighted by Crippen LogP contribution is 2.36. The molecule has 5 nitrogen and oxygen atoms in total. The first-order chi connectivity index (χ1) is 13.1. The summed E-state index contributed by atoms with van der Waals surface area (Å²) in [4.78, 5) is 11.6. The standard InChI is InChI=1S/C22H24O5/c1-4-27-21(24)11-10-16-13-18(15-19(14-16)25-2)22-17(8-6-12-23)7-5-9-20(22)26-3/h5-11,13-15,23H,4,12H2,1-3H3/b8-6+,11-10+. The van der Waals surface area contributed by atoms with E-state index in [1.54, 1.807) is 33.3 Å². The first-order valence-corrected chi connectivity index (χ1v) is 8.61. The van der Waals surface area contributed by atoms with Gasteiger partial charge in [0.2, 0.25) is 0 Å². The number of carbonyl (C=O) groups excluding carboxylic acids is 1. The Labute approximate surface area is 159 Å². The van der Waals surface area contributed by atoms with Gasteiger partial charge in [-0.05, 0) is 54.0 Å². The van der Waals surface area contributed by atoms with E-state index in [0.717, 1.165) is 22.3 Å². The summed E-state index contributed by atoms with van der Waals surface area (Å²) in [6, 6.07) is 11.4. The Morgan fingerprint density at radius 3 is 2.59 bits per heavy atom. The summed E-state index contributed by atoms with van der Waals surface area (Å²) in [7, 11) is 3.20. The average Bonchev–Trinajstić information content (AvgIpc) is 2.70. The predicted octanol–water partition coefficient (Wildman–Crippen LogP) is 3.95. The molecule has 2 rings (SSSR count). The van der Waals surface area contributed by atoms with Gasteiger partial charge in [0.15, 0.2) is 0 Å². The maximum Gasteiger partial charge on any atom is 0.330 e. The Hall–Kier alpha value is -3.05. The van der Waals surface area contributed by atoms with Gasteiger partial charge in [-0.2, -0.15) is 0 Å². The van der Waals surface area contributed by atoms with Crippen LogP contribution in [0.3, 0.4) is 0 Å². The zero-order valence-corrected chi connectivity index (χ0v) is 15.8. The van der Waals surface area contributed by atoms with Crippen LogP contribution in [0.15, 0.2) is 48.6 Å². The van der Waals surface area contributed by atoms with Crippen molar-refractivity contribution >= 4 is 18.1 Å². The number of benzene rings is 2. The zero-order chi connectivity index (χ0) is 19.6. The molecule has 0 atom stereocenters. The number of aliphatic hydroxyl groups is 1. The minimum absolute atomic E-state index is 0.0533. The van der Waals surface area contributed by atoms with Crippen LogP contribution in [-0.2, 0) is 9.53 Å². The molecule has 1 N–H and O–H groups in total. The highest BCUT2D eigenvalue weighted by atomic mass is 16.5. The third-order valence-electron chi connectivity index (χ3n) is 3.83. The number of ether oxygens (including phenoxy) is 3. The molecule has 0 saturated heterocycles. The van der Waals surface area contributed by atoms with Crippen LogP contribution in [0.1, 0.15) is 18.1 Å². The van der Waals surface area contributed by atoms with Gasteiger partial charge in [-0.3, -0.25) is 0 Å². The molecule has 0 bridgehead atoms. The Morgan fingerprint density at radius 2 is 1.93 bits per heavy atom. The van der Waals surface area contributed by atoms with Gasteiger partial charge in [-0.15, -0.1) is 0 Å². The first kappa shape index (κ1) is 20.3. The lowest BCUT2D eigenvalue weighted by molar-refractivity contribution is -0.137. The number of rotatable bonds is 8. The van der Waals surface area contributed by atoms with Crippen molar-refractivity contribution in [2.75, 3.05) is 27.4 Å². The lowest BCUT2D eigenvalue weighted by atomic mass is 9.96. The monoisotopic (exact) mass is 368 g/mol. The van der Waals surface area contributed by atoms with Crippen LogP contribution in [0.25, 0.3) is 23.3 Å². The molecule has 142 valence electrons. The number of hydrogen-bond donors (Lipinski definition) is 1. The minimum atomic E-state index is -0.397. The summed E-state index contributed by atoms with van der Waals surface area (Å²) in [5, 5.41) is 9.12. The maximum atomic E-state index is 11.6. The Balaban J connectivity index is 2.56. The maximum absolute atomic E-state index is 11.6. The van der Waals surface area contributed by atoms with E-state index in [2.05, 4.69) is 0 Å². The predicted molar refractivity (Wildman–Crippen MR) is 107 cm³/mol. The molecule has 0 aromatic heterocycles. The fourth-order valence-corrected chi connectivity index (χ4v) is 2.68. The van der Waals surface area contributed by atoms with Gasteiger partial charge in [0.1, 0.15) is 11.5 Å². The second-order valence-electron chi connectivity index (χ2n) is 5.59. The summed E-state index contributed by atoms with van der Waals surface area (Å²) < 4.78 is 15.9. The molecule has 0 heterocycles. The fourth-order valence-electron chi connectivity index (χ4n) is 2.68. The third-order valence-corrected chi connectivity index (χ3v) is 3.83. The largest absolute Gasteiger partial charge is 0.497 e.